The van der Waals surface area contributed by atoms with Gasteiger partial charge in [0.15, 0.2) is 0 Å². The lowest BCUT2D eigenvalue weighted by Crippen LogP contribution is -2.41. The Hall–Kier alpha value is -2.69. The van der Waals surface area contributed by atoms with Gasteiger partial charge in [-0.1, -0.05) is 29.5 Å². The Morgan fingerprint density at radius 1 is 1.11 bits per heavy atom. The second-order valence-electron chi connectivity index (χ2n) is 8.33. The minimum atomic E-state index is -0.504. The van der Waals surface area contributed by atoms with E-state index in [0.717, 1.165) is 27.6 Å². The fraction of sp³-hybridized carbons (Fsp3) is 0.381. The first-order chi connectivity index (χ1) is 13.2. The summed E-state index contributed by atoms with van der Waals surface area (Å²) in [6.45, 7) is 10.6. The van der Waals surface area contributed by atoms with Gasteiger partial charge in [-0.3, -0.25) is 0 Å². The molecular weight excluding hydrogens is 351 g/mol. The van der Waals surface area contributed by atoms with Gasteiger partial charge in [-0.2, -0.15) is 5.26 Å². The van der Waals surface area contributed by atoms with Gasteiger partial charge < -0.3 is 9.31 Å². The van der Waals surface area contributed by atoms with Crippen molar-refractivity contribution in [2.45, 2.75) is 52.4 Å². The molecule has 142 valence electrons. The van der Waals surface area contributed by atoms with Gasteiger partial charge in [-0.15, -0.1) is 5.10 Å². The van der Waals surface area contributed by atoms with Gasteiger partial charge in [0.25, 0.3) is 0 Å². The van der Waals surface area contributed by atoms with Crippen LogP contribution in [0.5, 0.6) is 0 Å². The molecule has 2 aromatic carbocycles. The van der Waals surface area contributed by atoms with Crippen LogP contribution in [0.2, 0.25) is 0 Å². The topological polar surface area (TPSA) is 73.0 Å². The van der Waals surface area contributed by atoms with Crippen molar-refractivity contribution in [3.63, 3.8) is 0 Å². The zero-order chi connectivity index (χ0) is 20.1. The van der Waals surface area contributed by atoms with Crippen LogP contribution in [0.3, 0.4) is 0 Å². The van der Waals surface area contributed by atoms with Gasteiger partial charge in [-0.25, -0.2) is 4.68 Å². The van der Waals surface area contributed by atoms with Crippen molar-refractivity contribution in [2.75, 3.05) is 0 Å². The van der Waals surface area contributed by atoms with Crippen LogP contribution in [0.25, 0.3) is 11.0 Å². The summed E-state index contributed by atoms with van der Waals surface area (Å²) in [4.78, 5) is 0. The van der Waals surface area contributed by atoms with Crippen LogP contribution in [-0.4, -0.2) is 33.3 Å². The van der Waals surface area contributed by atoms with E-state index in [9.17, 15) is 5.26 Å². The van der Waals surface area contributed by atoms with Crippen LogP contribution in [0.1, 0.15) is 44.4 Å². The molecule has 1 aliphatic heterocycles. The Morgan fingerprint density at radius 3 is 2.46 bits per heavy atom. The summed E-state index contributed by atoms with van der Waals surface area (Å²) in [6.07, 6.45) is 0. The Labute approximate surface area is 165 Å². The third-order valence-electron chi connectivity index (χ3n) is 5.75. The quantitative estimate of drug-likeness (QED) is 0.659. The van der Waals surface area contributed by atoms with E-state index in [1.54, 1.807) is 0 Å². The minimum Gasteiger partial charge on any atom is -0.399 e. The Kier molecular flexibility index (Phi) is 4.29. The highest BCUT2D eigenvalue weighted by atomic mass is 16.7. The first kappa shape index (κ1) is 18.7. The lowest BCUT2D eigenvalue weighted by atomic mass is 9.77. The number of aromatic nitrogens is 3. The molecule has 1 saturated heterocycles. The maximum absolute atomic E-state index is 9.40. The summed E-state index contributed by atoms with van der Waals surface area (Å²) >= 11 is 0. The van der Waals surface area contributed by atoms with Crippen molar-refractivity contribution in [1.82, 2.24) is 15.0 Å². The predicted molar refractivity (Wildman–Crippen MR) is 108 cm³/mol. The number of nitrogens with zero attached hydrogens (tertiary/aromatic N) is 4. The second kappa shape index (κ2) is 6.44. The van der Waals surface area contributed by atoms with E-state index < -0.39 is 18.3 Å². The molecule has 28 heavy (non-hydrogen) atoms. The summed E-state index contributed by atoms with van der Waals surface area (Å²) in [6, 6.07) is 13.9. The van der Waals surface area contributed by atoms with Crippen molar-refractivity contribution in [3.8, 4) is 6.07 Å². The molecule has 1 aliphatic rings. The maximum atomic E-state index is 9.40. The summed E-state index contributed by atoms with van der Waals surface area (Å²) in [7, 11) is -0.504. The molecule has 0 N–H and O–H groups in total. The molecule has 0 bridgehead atoms. The molecule has 3 aromatic rings. The molecule has 0 aliphatic carbocycles. The molecule has 0 amide bonds. The van der Waals surface area contributed by atoms with Crippen LogP contribution >= 0.6 is 0 Å². The Balaban J connectivity index is 1.82. The molecule has 6 nitrogen and oxygen atoms in total. The minimum absolute atomic E-state index is 0.431. The van der Waals surface area contributed by atoms with E-state index in [0.29, 0.717) is 12.1 Å². The lowest BCUT2D eigenvalue weighted by Gasteiger charge is -2.32. The van der Waals surface area contributed by atoms with Crippen molar-refractivity contribution >= 4 is 23.6 Å². The molecule has 1 aromatic heterocycles. The first-order valence-electron chi connectivity index (χ1n) is 9.39. The molecule has 2 heterocycles. The average Bonchev–Trinajstić information content (AvgIpc) is 3.12. The van der Waals surface area contributed by atoms with Gasteiger partial charge in [0.05, 0.1) is 34.9 Å². The summed E-state index contributed by atoms with van der Waals surface area (Å²) < 4.78 is 14.4. The number of rotatable bonds is 3. The molecule has 0 atom stereocenters. The van der Waals surface area contributed by atoms with Crippen molar-refractivity contribution in [2.24, 2.45) is 0 Å². The van der Waals surface area contributed by atoms with E-state index in [1.807, 2.05) is 69.6 Å². The molecule has 4 rings (SSSR count). The van der Waals surface area contributed by atoms with Gasteiger partial charge in [-0.05, 0) is 57.9 Å². The molecule has 0 saturated carbocycles. The molecule has 0 radical (unpaired) electrons. The summed E-state index contributed by atoms with van der Waals surface area (Å²) in [5.74, 6) is 0. The first-order valence-corrected chi connectivity index (χ1v) is 9.39. The van der Waals surface area contributed by atoms with E-state index >= 15 is 0 Å². The zero-order valence-electron chi connectivity index (χ0n) is 16.9. The number of benzene rings is 2. The monoisotopic (exact) mass is 374 g/mol. The zero-order valence-corrected chi connectivity index (χ0v) is 16.9. The fourth-order valence-corrected chi connectivity index (χ4v) is 3.48. The van der Waals surface area contributed by atoms with E-state index in [4.69, 9.17) is 9.31 Å². The van der Waals surface area contributed by atoms with E-state index in [-0.39, 0.29) is 0 Å². The Morgan fingerprint density at radius 2 is 1.79 bits per heavy atom. The van der Waals surface area contributed by atoms with Crippen LogP contribution in [-0.2, 0) is 15.9 Å². The number of fused-ring (bicyclic) bond motifs is 1. The van der Waals surface area contributed by atoms with Crippen molar-refractivity contribution < 1.29 is 9.31 Å². The number of nitriles is 1. The highest BCUT2D eigenvalue weighted by Crippen LogP contribution is 2.37. The third-order valence-corrected chi connectivity index (χ3v) is 5.75. The van der Waals surface area contributed by atoms with Gasteiger partial charge >= 0.3 is 7.12 Å². The lowest BCUT2D eigenvalue weighted by molar-refractivity contribution is 0.00578. The molecular formula is C21H23BN4O2. The number of hydrogen-bond donors (Lipinski definition) is 0. The second-order valence-corrected chi connectivity index (χ2v) is 8.33. The maximum Gasteiger partial charge on any atom is 0.497 e. The molecule has 0 spiro atoms. The van der Waals surface area contributed by atoms with Crippen molar-refractivity contribution in [1.29, 1.82) is 5.26 Å². The standard InChI is InChI=1S/C21H23BN4O2/c1-14-10-17(22-27-20(2,3)21(4,5)28-22)19-18(11-14)24-25-26(19)13-16-9-7-6-8-15(16)12-23/h6-11H,13H2,1-5H3. The normalized spacial score (nSPS) is 17.8. The van der Waals surface area contributed by atoms with Gasteiger partial charge in [0, 0.05) is 5.46 Å². The van der Waals surface area contributed by atoms with E-state index in [2.05, 4.69) is 22.4 Å². The highest BCUT2D eigenvalue weighted by molar-refractivity contribution is 6.65. The van der Waals surface area contributed by atoms with Crippen LogP contribution < -0.4 is 5.46 Å². The third kappa shape index (κ3) is 2.99. The largest absolute Gasteiger partial charge is 0.497 e. The van der Waals surface area contributed by atoms with Crippen LogP contribution in [0.4, 0.5) is 0 Å². The average molecular weight is 374 g/mol. The molecule has 7 heteroatoms. The smallest absolute Gasteiger partial charge is 0.399 e. The van der Waals surface area contributed by atoms with Crippen LogP contribution in [0.15, 0.2) is 36.4 Å². The van der Waals surface area contributed by atoms with Gasteiger partial charge in [0.1, 0.15) is 5.52 Å². The number of aryl methyl sites for hydroxylation is 1. The molecule has 0 unspecified atom stereocenters. The predicted octanol–water partition coefficient (Wildman–Crippen LogP) is 2.96. The fourth-order valence-electron chi connectivity index (χ4n) is 3.48. The summed E-state index contributed by atoms with van der Waals surface area (Å²) in [5, 5.41) is 18.1. The van der Waals surface area contributed by atoms with Crippen LogP contribution in [0, 0.1) is 18.3 Å². The number of hydrogen-bond acceptors (Lipinski definition) is 5. The molecule has 1 fully saturated rings. The highest BCUT2D eigenvalue weighted by Gasteiger charge is 2.52. The van der Waals surface area contributed by atoms with Gasteiger partial charge in [0.2, 0.25) is 0 Å². The van der Waals surface area contributed by atoms with E-state index in [1.165, 1.54) is 0 Å². The van der Waals surface area contributed by atoms with Crippen molar-refractivity contribution in [3.05, 3.63) is 53.1 Å². The summed E-state index contributed by atoms with van der Waals surface area (Å²) in [5.41, 5.74) is 4.32. The Bertz CT molecular complexity index is 1080. The SMILES string of the molecule is Cc1cc(B2OC(C)(C)C(C)(C)O2)c2c(c1)nnn2Cc1ccccc1C#N.